The number of anilines is 2. The van der Waals surface area contributed by atoms with Gasteiger partial charge in [-0.3, -0.25) is 4.79 Å². The monoisotopic (exact) mass is 506 g/mol. The molecular formula is C27H22N8O3. The third-order valence-corrected chi connectivity index (χ3v) is 6.02. The molecule has 0 aliphatic rings. The van der Waals surface area contributed by atoms with E-state index in [0.29, 0.717) is 35.2 Å². The highest BCUT2D eigenvalue weighted by molar-refractivity contribution is 5.93. The Balaban J connectivity index is 1.18. The maximum atomic E-state index is 13.1. The van der Waals surface area contributed by atoms with E-state index < -0.39 is 0 Å². The number of hydrogen-bond donors (Lipinski definition) is 2. The summed E-state index contributed by atoms with van der Waals surface area (Å²) in [5.74, 6) is 1.24. The van der Waals surface area contributed by atoms with Gasteiger partial charge in [-0.2, -0.15) is 4.98 Å². The SMILES string of the molecule is Nc1nonc1-c1nc2ccccc2n1CC(=O)Nc1cccc(-c2noc(CCc3ccccc3)n2)c1. The van der Waals surface area contributed by atoms with Gasteiger partial charge in [0.25, 0.3) is 0 Å². The van der Waals surface area contributed by atoms with Gasteiger partial charge in [-0.25, -0.2) is 9.61 Å². The van der Waals surface area contributed by atoms with Crippen LogP contribution in [0.4, 0.5) is 11.5 Å². The van der Waals surface area contributed by atoms with Gasteiger partial charge >= 0.3 is 0 Å². The number of nitrogens with one attached hydrogen (secondary N) is 1. The Morgan fingerprint density at radius 2 is 1.74 bits per heavy atom. The third-order valence-electron chi connectivity index (χ3n) is 6.02. The number of hydrogen-bond acceptors (Lipinski definition) is 9. The van der Waals surface area contributed by atoms with Crippen molar-refractivity contribution < 1.29 is 13.9 Å². The molecule has 3 aromatic heterocycles. The molecule has 188 valence electrons. The summed E-state index contributed by atoms with van der Waals surface area (Å²) >= 11 is 0. The molecule has 0 aliphatic heterocycles. The number of nitrogen functional groups attached to an aromatic ring is 1. The number of carbonyl (C=O) groups is 1. The fourth-order valence-electron chi connectivity index (χ4n) is 4.22. The molecule has 0 saturated carbocycles. The van der Waals surface area contributed by atoms with Crippen molar-refractivity contribution in [3.63, 3.8) is 0 Å². The molecule has 0 unspecified atom stereocenters. The van der Waals surface area contributed by atoms with Gasteiger partial charge in [0.2, 0.25) is 17.6 Å². The van der Waals surface area contributed by atoms with Crippen molar-refractivity contribution in [1.29, 1.82) is 0 Å². The van der Waals surface area contributed by atoms with Gasteiger partial charge in [0, 0.05) is 17.7 Å². The molecule has 6 rings (SSSR count). The minimum absolute atomic E-state index is 0.0295. The summed E-state index contributed by atoms with van der Waals surface area (Å²) in [7, 11) is 0. The number of imidazole rings is 1. The Labute approximate surface area is 216 Å². The number of para-hydroxylation sites is 2. The number of nitrogens with zero attached hydrogens (tertiary/aromatic N) is 6. The van der Waals surface area contributed by atoms with Crippen LogP contribution in [0.25, 0.3) is 33.9 Å². The molecule has 1 amide bonds. The molecule has 0 saturated heterocycles. The van der Waals surface area contributed by atoms with Gasteiger partial charge in [0.05, 0.1) is 11.0 Å². The Kier molecular flexibility index (Phi) is 6.06. The van der Waals surface area contributed by atoms with E-state index in [1.165, 1.54) is 5.56 Å². The number of carbonyl (C=O) groups excluding carboxylic acids is 1. The fraction of sp³-hybridized carbons (Fsp3) is 0.111. The highest BCUT2D eigenvalue weighted by atomic mass is 16.6. The average molecular weight is 507 g/mol. The van der Waals surface area contributed by atoms with Crippen molar-refractivity contribution in [3.05, 3.63) is 90.3 Å². The smallest absolute Gasteiger partial charge is 0.244 e. The van der Waals surface area contributed by atoms with Gasteiger partial charge in [-0.15, -0.1) is 0 Å². The summed E-state index contributed by atoms with van der Waals surface area (Å²) in [5.41, 5.74) is 10.1. The van der Waals surface area contributed by atoms with E-state index in [9.17, 15) is 4.79 Å². The maximum absolute atomic E-state index is 13.1. The van der Waals surface area contributed by atoms with Gasteiger partial charge in [0.1, 0.15) is 6.54 Å². The number of nitrogens with two attached hydrogens (primary N) is 1. The van der Waals surface area contributed by atoms with Crippen molar-refractivity contribution in [1.82, 2.24) is 30.0 Å². The van der Waals surface area contributed by atoms with E-state index in [-0.39, 0.29) is 24.0 Å². The zero-order valence-corrected chi connectivity index (χ0v) is 20.1. The summed E-state index contributed by atoms with van der Waals surface area (Å²) in [4.78, 5) is 22.2. The van der Waals surface area contributed by atoms with Crippen LogP contribution in [0.5, 0.6) is 0 Å². The zero-order chi connectivity index (χ0) is 25.9. The summed E-state index contributed by atoms with van der Waals surface area (Å²) in [6.45, 7) is -0.0295. The molecule has 0 spiro atoms. The number of aryl methyl sites for hydroxylation is 2. The summed E-state index contributed by atoms with van der Waals surface area (Å²) in [6, 6.07) is 24.9. The first-order valence-electron chi connectivity index (χ1n) is 11.9. The molecule has 0 fully saturated rings. The van der Waals surface area contributed by atoms with Crippen LogP contribution in [-0.2, 0) is 24.2 Å². The van der Waals surface area contributed by atoms with Crippen LogP contribution in [0.2, 0.25) is 0 Å². The van der Waals surface area contributed by atoms with Crippen LogP contribution in [-0.4, -0.2) is 35.9 Å². The van der Waals surface area contributed by atoms with Gasteiger partial charge in [0.15, 0.2) is 17.3 Å². The second-order valence-corrected chi connectivity index (χ2v) is 8.63. The Hall–Kier alpha value is -5.32. The maximum Gasteiger partial charge on any atom is 0.244 e. The van der Waals surface area contributed by atoms with Crippen LogP contribution >= 0.6 is 0 Å². The van der Waals surface area contributed by atoms with E-state index in [1.54, 1.807) is 16.7 Å². The van der Waals surface area contributed by atoms with Crippen molar-refractivity contribution in [3.8, 4) is 22.9 Å². The highest BCUT2D eigenvalue weighted by Crippen LogP contribution is 2.27. The Morgan fingerprint density at radius 1 is 0.895 bits per heavy atom. The normalized spacial score (nSPS) is 11.2. The van der Waals surface area contributed by atoms with E-state index in [2.05, 4.69) is 42.9 Å². The van der Waals surface area contributed by atoms with Crippen molar-refractivity contribution in [2.45, 2.75) is 19.4 Å². The molecule has 11 heteroatoms. The van der Waals surface area contributed by atoms with Gasteiger partial charge in [-0.05, 0) is 46.6 Å². The summed E-state index contributed by atoms with van der Waals surface area (Å²) in [5, 5.41) is 14.5. The van der Waals surface area contributed by atoms with E-state index in [0.717, 1.165) is 17.5 Å². The number of amides is 1. The molecule has 3 heterocycles. The van der Waals surface area contributed by atoms with Crippen LogP contribution < -0.4 is 11.1 Å². The lowest BCUT2D eigenvalue weighted by Crippen LogP contribution is -2.19. The highest BCUT2D eigenvalue weighted by Gasteiger charge is 2.21. The van der Waals surface area contributed by atoms with Crippen LogP contribution in [0, 0.1) is 0 Å². The molecular weight excluding hydrogens is 484 g/mol. The predicted molar refractivity (Wildman–Crippen MR) is 140 cm³/mol. The zero-order valence-electron chi connectivity index (χ0n) is 20.1. The van der Waals surface area contributed by atoms with E-state index >= 15 is 0 Å². The Morgan fingerprint density at radius 3 is 2.58 bits per heavy atom. The second-order valence-electron chi connectivity index (χ2n) is 8.63. The van der Waals surface area contributed by atoms with Crippen LogP contribution in [0.1, 0.15) is 11.5 Å². The molecule has 0 atom stereocenters. The lowest BCUT2D eigenvalue weighted by molar-refractivity contribution is -0.116. The Bertz CT molecular complexity index is 1720. The average Bonchev–Trinajstić information content (AvgIpc) is 3.67. The number of fused-ring (bicyclic) bond motifs is 1. The second kappa shape index (κ2) is 9.97. The quantitative estimate of drug-likeness (QED) is 0.310. The number of benzene rings is 3. The standard InChI is InChI=1S/C27H22N8O3/c28-25-24(32-38-33-25)27-30-20-11-4-5-12-21(20)35(27)16-22(36)29-19-10-6-9-18(15-19)26-31-23(37-34-26)14-13-17-7-2-1-3-8-17/h1-12,15H,13-14,16H2,(H2,28,33)(H,29,36). The largest absolute Gasteiger partial charge is 0.379 e. The lowest BCUT2D eigenvalue weighted by atomic mass is 10.1. The fourth-order valence-corrected chi connectivity index (χ4v) is 4.22. The molecule has 38 heavy (non-hydrogen) atoms. The lowest BCUT2D eigenvalue weighted by Gasteiger charge is -2.09. The predicted octanol–water partition coefficient (Wildman–Crippen LogP) is 4.14. The molecule has 6 aromatic rings. The summed E-state index contributed by atoms with van der Waals surface area (Å²) in [6.07, 6.45) is 1.44. The minimum atomic E-state index is -0.266. The molecule has 11 nitrogen and oxygen atoms in total. The third kappa shape index (κ3) is 4.72. The topological polar surface area (TPSA) is 151 Å². The molecule has 3 N–H and O–H groups in total. The van der Waals surface area contributed by atoms with Crippen molar-refractivity contribution >= 4 is 28.4 Å². The summed E-state index contributed by atoms with van der Waals surface area (Å²) < 4.78 is 11.9. The van der Waals surface area contributed by atoms with E-state index in [4.69, 9.17) is 14.9 Å². The first-order valence-corrected chi connectivity index (χ1v) is 11.9. The van der Waals surface area contributed by atoms with E-state index in [1.807, 2.05) is 54.6 Å². The minimum Gasteiger partial charge on any atom is -0.379 e. The van der Waals surface area contributed by atoms with Crippen molar-refractivity contribution in [2.75, 3.05) is 11.1 Å². The number of aromatic nitrogens is 6. The first kappa shape index (κ1) is 23.1. The number of rotatable bonds is 8. The van der Waals surface area contributed by atoms with Crippen LogP contribution in [0.15, 0.2) is 88.0 Å². The molecule has 0 aliphatic carbocycles. The van der Waals surface area contributed by atoms with Gasteiger partial charge in [-0.1, -0.05) is 59.8 Å². The molecule has 0 bridgehead atoms. The van der Waals surface area contributed by atoms with Crippen molar-refractivity contribution in [2.24, 2.45) is 0 Å². The van der Waals surface area contributed by atoms with Crippen LogP contribution in [0.3, 0.4) is 0 Å². The first-order chi connectivity index (χ1) is 18.6. The molecule has 3 aromatic carbocycles. The molecule has 0 radical (unpaired) electrons. The van der Waals surface area contributed by atoms with Gasteiger partial charge < -0.3 is 20.1 Å².